The van der Waals surface area contributed by atoms with Gasteiger partial charge in [0, 0.05) is 26.2 Å². The summed E-state index contributed by atoms with van der Waals surface area (Å²) >= 11 is 12.1. The lowest BCUT2D eigenvalue weighted by atomic mass is 10.2. The van der Waals surface area contributed by atoms with Crippen molar-refractivity contribution in [3.05, 3.63) is 51.8 Å². The van der Waals surface area contributed by atoms with Crippen LogP contribution in [-0.2, 0) is 4.74 Å². The number of anilines is 1. The first-order valence-corrected chi connectivity index (χ1v) is 9.48. The van der Waals surface area contributed by atoms with Gasteiger partial charge in [-0.2, -0.15) is 0 Å². The first kappa shape index (κ1) is 20.3. The van der Waals surface area contributed by atoms with E-state index < -0.39 is 5.91 Å². The molecule has 28 heavy (non-hydrogen) atoms. The van der Waals surface area contributed by atoms with Gasteiger partial charge in [0.15, 0.2) is 5.69 Å². The zero-order chi connectivity index (χ0) is 19.9. The Hall–Kier alpha value is -2.42. The topological polar surface area (TPSA) is 96.5 Å². The van der Waals surface area contributed by atoms with Crippen molar-refractivity contribution in [2.24, 2.45) is 0 Å². The van der Waals surface area contributed by atoms with Crippen LogP contribution in [0.25, 0.3) is 0 Å². The molecule has 0 aliphatic carbocycles. The normalized spacial score (nSPS) is 13.9. The van der Waals surface area contributed by atoms with Crippen LogP contribution in [0.1, 0.15) is 20.8 Å². The lowest BCUT2D eigenvalue weighted by molar-refractivity contribution is 0.0925. The van der Waals surface area contributed by atoms with Crippen LogP contribution in [0.15, 0.2) is 30.5 Å². The van der Waals surface area contributed by atoms with E-state index >= 15 is 0 Å². The fourth-order valence-electron chi connectivity index (χ4n) is 2.61. The number of benzene rings is 1. The SMILES string of the molecule is O=C(NCCNC(=O)c1nc(N2CCOCC2)ncc1Cl)c1ccccc1Cl. The summed E-state index contributed by atoms with van der Waals surface area (Å²) < 4.78 is 5.30. The molecule has 0 saturated carbocycles. The third-order valence-corrected chi connectivity index (χ3v) is 4.66. The van der Waals surface area contributed by atoms with Crippen LogP contribution in [0.5, 0.6) is 0 Å². The number of carbonyl (C=O) groups is 2. The van der Waals surface area contributed by atoms with E-state index in [2.05, 4.69) is 20.6 Å². The lowest BCUT2D eigenvalue weighted by Gasteiger charge is -2.26. The minimum Gasteiger partial charge on any atom is -0.378 e. The summed E-state index contributed by atoms with van der Waals surface area (Å²) in [6.45, 7) is 2.90. The molecule has 1 aromatic carbocycles. The number of halogens is 2. The van der Waals surface area contributed by atoms with Gasteiger partial charge in [0.25, 0.3) is 11.8 Å². The zero-order valence-electron chi connectivity index (χ0n) is 15.0. The number of nitrogens with zero attached hydrogens (tertiary/aromatic N) is 3. The maximum atomic E-state index is 12.4. The molecule has 0 radical (unpaired) electrons. The molecule has 0 atom stereocenters. The summed E-state index contributed by atoms with van der Waals surface area (Å²) in [4.78, 5) is 34.9. The Morgan fingerprint density at radius 1 is 1.04 bits per heavy atom. The smallest absolute Gasteiger partial charge is 0.271 e. The van der Waals surface area contributed by atoms with Gasteiger partial charge in [0.1, 0.15) is 0 Å². The van der Waals surface area contributed by atoms with Crippen molar-refractivity contribution >= 4 is 41.0 Å². The molecule has 148 valence electrons. The minimum absolute atomic E-state index is 0.0931. The summed E-state index contributed by atoms with van der Waals surface area (Å²) in [5.74, 6) is -0.312. The Morgan fingerprint density at radius 2 is 1.71 bits per heavy atom. The van der Waals surface area contributed by atoms with E-state index in [1.54, 1.807) is 24.3 Å². The molecule has 1 saturated heterocycles. The fraction of sp³-hybridized carbons (Fsp3) is 0.333. The Labute approximate surface area is 172 Å². The molecule has 1 aromatic heterocycles. The molecule has 0 spiro atoms. The summed E-state index contributed by atoms with van der Waals surface area (Å²) in [5, 5.41) is 5.91. The molecule has 3 rings (SSSR count). The summed E-state index contributed by atoms with van der Waals surface area (Å²) in [5.41, 5.74) is 0.472. The number of ether oxygens (including phenoxy) is 1. The monoisotopic (exact) mass is 423 g/mol. The maximum Gasteiger partial charge on any atom is 0.271 e. The van der Waals surface area contributed by atoms with Gasteiger partial charge in [0.05, 0.1) is 35.0 Å². The predicted molar refractivity (Wildman–Crippen MR) is 106 cm³/mol. The number of nitrogens with one attached hydrogen (secondary N) is 2. The van der Waals surface area contributed by atoms with Crippen LogP contribution in [0, 0.1) is 0 Å². The quantitative estimate of drug-likeness (QED) is 0.687. The van der Waals surface area contributed by atoms with Gasteiger partial charge in [-0.1, -0.05) is 35.3 Å². The number of rotatable bonds is 6. The van der Waals surface area contributed by atoms with Crippen LogP contribution in [-0.4, -0.2) is 61.2 Å². The van der Waals surface area contributed by atoms with Crippen molar-refractivity contribution in [2.75, 3.05) is 44.3 Å². The summed E-state index contributed by atoms with van der Waals surface area (Å²) in [6.07, 6.45) is 1.41. The molecule has 2 heterocycles. The van der Waals surface area contributed by atoms with E-state index in [4.69, 9.17) is 27.9 Å². The third kappa shape index (κ3) is 5.09. The van der Waals surface area contributed by atoms with Gasteiger partial charge in [-0.15, -0.1) is 0 Å². The molecule has 2 aromatic rings. The second-order valence-electron chi connectivity index (χ2n) is 5.96. The van der Waals surface area contributed by atoms with Crippen molar-refractivity contribution in [1.82, 2.24) is 20.6 Å². The van der Waals surface area contributed by atoms with Crippen molar-refractivity contribution in [2.45, 2.75) is 0 Å². The highest BCUT2D eigenvalue weighted by atomic mass is 35.5. The van der Waals surface area contributed by atoms with Crippen LogP contribution < -0.4 is 15.5 Å². The van der Waals surface area contributed by atoms with Gasteiger partial charge in [-0.25, -0.2) is 9.97 Å². The first-order chi connectivity index (χ1) is 13.6. The number of morpholine rings is 1. The standard InChI is InChI=1S/C18H19Cl2N5O3/c19-13-4-2-1-3-12(13)16(26)21-5-6-22-17(27)15-14(20)11-23-18(24-15)25-7-9-28-10-8-25/h1-4,11H,5-10H2,(H,21,26)(H,22,27). The third-order valence-electron chi connectivity index (χ3n) is 4.05. The van der Waals surface area contributed by atoms with Gasteiger partial charge >= 0.3 is 0 Å². The van der Waals surface area contributed by atoms with E-state index in [1.807, 2.05) is 4.90 Å². The van der Waals surface area contributed by atoms with E-state index in [0.717, 1.165) is 0 Å². The van der Waals surface area contributed by atoms with Crippen LogP contribution >= 0.6 is 23.2 Å². The second-order valence-corrected chi connectivity index (χ2v) is 6.77. The zero-order valence-corrected chi connectivity index (χ0v) is 16.5. The average Bonchev–Trinajstić information content (AvgIpc) is 2.72. The number of hydrogen-bond donors (Lipinski definition) is 2. The van der Waals surface area contributed by atoms with Crippen molar-refractivity contribution in [3.63, 3.8) is 0 Å². The Bertz CT molecular complexity index is 859. The Kier molecular flexibility index (Phi) is 7.02. The molecule has 1 fully saturated rings. The van der Waals surface area contributed by atoms with Crippen LogP contribution in [0.2, 0.25) is 10.0 Å². The highest BCUT2D eigenvalue weighted by molar-refractivity contribution is 6.34. The average molecular weight is 424 g/mol. The Morgan fingerprint density at radius 3 is 2.43 bits per heavy atom. The molecule has 1 aliphatic rings. The maximum absolute atomic E-state index is 12.4. The molecule has 0 bridgehead atoms. The van der Waals surface area contributed by atoms with E-state index in [9.17, 15) is 9.59 Å². The molecule has 8 nitrogen and oxygen atoms in total. The van der Waals surface area contributed by atoms with E-state index in [-0.39, 0.29) is 29.7 Å². The summed E-state index contributed by atoms with van der Waals surface area (Å²) in [7, 11) is 0. The molecule has 1 aliphatic heterocycles. The van der Waals surface area contributed by atoms with Crippen molar-refractivity contribution < 1.29 is 14.3 Å². The first-order valence-electron chi connectivity index (χ1n) is 8.72. The molecule has 2 N–H and O–H groups in total. The highest BCUT2D eigenvalue weighted by Crippen LogP contribution is 2.17. The second kappa shape index (κ2) is 9.68. The highest BCUT2D eigenvalue weighted by Gasteiger charge is 2.19. The molecular formula is C18H19Cl2N5O3. The van der Waals surface area contributed by atoms with Gasteiger partial charge < -0.3 is 20.3 Å². The predicted octanol–water partition coefficient (Wildman–Crippen LogP) is 1.78. The van der Waals surface area contributed by atoms with Crippen LogP contribution in [0.3, 0.4) is 0 Å². The number of hydrogen-bond acceptors (Lipinski definition) is 6. The van der Waals surface area contributed by atoms with Gasteiger partial charge in [-0.3, -0.25) is 9.59 Å². The minimum atomic E-state index is -0.436. The number of carbonyl (C=O) groups excluding carboxylic acids is 2. The molecule has 0 unspecified atom stereocenters. The molecular weight excluding hydrogens is 405 g/mol. The number of amides is 2. The van der Waals surface area contributed by atoms with Crippen LogP contribution in [0.4, 0.5) is 5.95 Å². The molecule has 10 heteroatoms. The van der Waals surface area contributed by atoms with E-state index in [1.165, 1.54) is 6.20 Å². The summed E-state index contributed by atoms with van der Waals surface area (Å²) in [6, 6.07) is 6.74. The Balaban J connectivity index is 1.53. The number of aromatic nitrogens is 2. The van der Waals surface area contributed by atoms with E-state index in [0.29, 0.717) is 42.8 Å². The largest absolute Gasteiger partial charge is 0.378 e. The lowest BCUT2D eigenvalue weighted by Crippen LogP contribution is -2.38. The van der Waals surface area contributed by atoms with Crippen molar-refractivity contribution in [1.29, 1.82) is 0 Å². The van der Waals surface area contributed by atoms with Gasteiger partial charge in [-0.05, 0) is 12.1 Å². The fourth-order valence-corrected chi connectivity index (χ4v) is 3.01. The van der Waals surface area contributed by atoms with Gasteiger partial charge in [0.2, 0.25) is 5.95 Å². The molecule has 2 amide bonds. The van der Waals surface area contributed by atoms with Crippen molar-refractivity contribution in [3.8, 4) is 0 Å².